The number of hydrogen-bond donors (Lipinski definition) is 2. The molecule has 0 radical (unpaired) electrons. The van der Waals surface area contributed by atoms with E-state index in [0.717, 1.165) is 44.6 Å². The van der Waals surface area contributed by atoms with Crippen molar-refractivity contribution in [2.45, 2.75) is 51.7 Å². The number of nitrogens with one attached hydrogen (secondary N) is 1. The molecule has 20 heavy (non-hydrogen) atoms. The van der Waals surface area contributed by atoms with Gasteiger partial charge in [-0.15, -0.1) is 0 Å². The first-order chi connectivity index (χ1) is 9.54. The highest BCUT2D eigenvalue weighted by Crippen LogP contribution is 2.31. The lowest BCUT2D eigenvalue weighted by Gasteiger charge is -2.30. The molecular weight excluding hydrogens is 250 g/mol. The Labute approximate surface area is 122 Å². The Morgan fingerprint density at radius 1 is 1.40 bits per heavy atom. The molecule has 0 bridgehead atoms. The lowest BCUT2D eigenvalue weighted by Crippen LogP contribution is -2.39. The van der Waals surface area contributed by atoms with Gasteiger partial charge < -0.3 is 15.3 Å². The molecule has 0 amide bonds. The molecule has 1 aromatic rings. The van der Waals surface area contributed by atoms with Gasteiger partial charge >= 0.3 is 0 Å². The van der Waals surface area contributed by atoms with Crippen LogP contribution in [-0.4, -0.2) is 35.8 Å². The van der Waals surface area contributed by atoms with Gasteiger partial charge in [-0.1, -0.05) is 19.8 Å². The highest BCUT2D eigenvalue weighted by molar-refractivity contribution is 5.47. The molecule has 0 saturated heterocycles. The third kappa shape index (κ3) is 3.70. The Morgan fingerprint density at radius 2 is 2.10 bits per heavy atom. The molecule has 0 unspecified atom stereocenters. The summed E-state index contributed by atoms with van der Waals surface area (Å²) in [7, 11) is 2.02. The van der Waals surface area contributed by atoms with Gasteiger partial charge in [0.15, 0.2) is 0 Å². The number of pyridine rings is 1. The second kappa shape index (κ2) is 6.55. The van der Waals surface area contributed by atoms with E-state index < -0.39 is 5.60 Å². The molecule has 1 aliphatic rings. The van der Waals surface area contributed by atoms with Crippen LogP contribution >= 0.6 is 0 Å². The summed E-state index contributed by atoms with van der Waals surface area (Å²) in [6.07, 6.45) is 6.03. The summed E-state index contributed by atoms with van der Waals surface area (Å²) in [6, 6.07) is 2.18. The summed E-state index contributed by atoms with van der Waals surface area (Å²) >= 11 is 0. The Kier molecular flexibility index (Phi) is 5.00. The summed E-state index contributed by atoms with van der Waals surface area (Å²) in [5.41, 5.74) is 1.86. The van der Waals surface area contributed by atoms with Gasteiger partial charge in [0.05, 0.1) is 5.60 Å². The topological polar surface area (TPSA) is 48.4 Å². The summed E-state index contributed by atoms with van der Waals surface area (Å²) < 4.78 is 0. The Balaban J connectivity index is 2.04. The summed E-state index contributed by atoms with van der Waals surface area (Å²) in [5, 5.41) is 13.8. The maximum Gasteiger partial charge on any atom is 0.131 e. The zero-order valence-corrected chi connectivity index (χ0v) is 12.9. The van der Waals surface area contributed by atoms with Crippen LogP contribution in [0.2, 0.25) is 0 Å². The Hall–Kier alpha value is -1.13. The van der Waals surface area contributed by atoms with Crippen LogP contribution in [0.1, 0.15) is 43.7 Å². The van der Waals surface area contributed by atoms with E-state index in [4.69, 9.17) is 0 Å². The number of aryl methyl sites for hydroxylation is 1. The molecule has 0 aliphatic heterocycles. The molecule has 1 saturated carbocycles. The minimum absolute atomic E-state index is 0.523. The molecule has 2 N–H and O–H groups in total. The molecule has 0 aromatic carbocycles. The quantitative estimate of drug-likeness (QED) is 0.837. The second-order valence-corrected chi connectivity index (χ2v) is 6.05. The average Bonchev–Trinajstić information content (AvgIpc) is 2.82. The fourth-order valence-corrected chi connectivity index (χ4v) is 3.10. The third-order valence-corrected chi connectivity index (χ3v) is 4.11. The van der Waals surface area contributed by atoms with Crippen LogP contribution in [-0.2, 0) is 6.54 Å². The molecule has 1 fully saturated rings. The third-order valence-electron chi connectivity index (χ3n) is 4.11. The average molecular weight is 277 g/mol. The lowest BCUT2D eigenvalue weighted by atomic mass is 10.0. The molecule has 4 heteroatoms. The number of nitrogens with zero attached hydrogens (tertiary/aromatic N) is 2. The van der Waals surface area contributed by atoms with Crippen molar-refractivity contribution in [3.05, 3.63) is 23.4 Å². The highest BCUT2D eigenvalue weighted by Gasteiger charge is 2.32. The number of anilines is 1. The number of aliphatic hydroxyl groups is 1. The van der Waals surface area contributed by atoms with Crippen LogP contribution in [0.15, 0.2) is 12.3 Å². The molecule has 1 aromatic heterocycles. The second-order valence-electron chi connectivity index (χ2n) is 6.05. The minimum atomic E-state index is -0.523. The number of hydrogen-bond acceptors (Lipinski definition) is 4. The lowest BCUT2D eigenvalue weighted by molar-refractivity contribution is 0.0558. The van der Waals surface area contributed by atoms with Crippen LogP contribution in [0.25, 0.3) is 0 Å². The maximum atomic E-state index is 10.5. The van der Waals surface area contributed by atoms with Crippen molar-refractivity contribution in [2.24, 2.45) is 0 Å². The predicted octanol–water partition coefficient (Wildman–Crippen LogP) is 2.24. The van der Waals surface area contributed by atoms with E-state index in [1.807, 2.05) is 13.2 Å². The van der Waals surface area contributed by atoms with Crippen LogP contribution in [0, 0.1) is 6.92 Å². The van der Waals surface area contributed by atoms with E-state index >= 15 is 0 Å². The molecule has 1 aliphatic carbocycles. The summed E-state index contributed by atoms with van der Waals surface area (Å²) in [6.45, 7) is 6.69. The van der Waals surface area contributed by atoms with Gasteiger partial charge in [0, 0.05) is 26.3 Å². The fraction of sp³-hybridized carbons (Fsp3) is 0.688. The fourth-order valence-electron chi connectivity index (χ4n) is 3.10. The van der Waals surface area contributed by atoms with Crippen LogP contribution in [0.3, 0.4) is 0 Å². The SMILES string of the molecule is CCNCc1cnc(N(C)CC2(O)CCCC2)c(C)c1. The van der Waals surface area contributed by atoms with Gasteiger partial charge in [0.25, 0.3) is 0 Å². The van der Waals surface area contributed by atoms with E-state index in [0.29, 0.717) is 6.54 Å². The van der Waals surface area contributed by atoms with Crippen molar-refractivity contribution in [3.63, 3.8) is 0 Å². The van der Waals surface area contributed by atoms with Crippen LogP contribution in [0.5, 0.6) is 0 Å². The van der Waals surface area contributed by atoms with E-state index in [9.17, 15) is 5.11 Å². The van der Waals surface area contributed by atoms with Gasteiger partial charge in [-0.25, -0.2) is 4.98 Å². The number of rotatable bonds is 6. The number of aromatic nitrogens is 1. The first kappa shape index (κ1) is 15.3. The highest BCUT2D eigenvalue weighted by atomic mass is 16.3. The van der Waals surface area contributed by atoms with E-state index in [-0.39, 0.29) is 0 Å². The van der Waals surface area contributed by atoms with Crippen molar-refractivity contribution in [1.82, 2.24) is 10.3 Å². The maximum absolute atomic E-state index is 10.5. The smallest absolute Gasteiger partial charge is 0.131 e. The van der Waals surface area contributed by atoms with Gasteiger partial charge in [-0.3, -0.25) is 0 Å². The Bertz CT molecular complexity index is 441. The molecule has 4 nitrogen and oxygen atoms in total. The van der Waals surface area contributed by atoms with Crippen molar-refractivity contribution in [2.75, 3.05) is 25.0 Å². The van der Waals surface area contributed by atoms with E-state index in [2.05, 4.69) is 35.1 Å². The molecular formula is C16H27N3O. The molecule has 112 valence electrons. The first-order valence-electron chi connectivity index (χ1n) is 7.64. The largest absolute Gasteiger partial charge is 0.388 e. The predicted molar refractivity (Wildman–Crippen MR) is 83.0 cm³/mol. The van der Waals surface area contributed by atoms with Gasteiger partial charge in [-0.2, -0.15) is 0 Å². The van der Waals surface area contributed by atoms with Crippen LogP contribution < -0.4 is 10.2 Å². The first-order valence-corrected chi connectivity index (χ1v) is 7.64. The zero-order valence-electron chi connectivity index (χ0n) is 12.9. The van der Waals surface area contributed by atoms with Crippen molar-refractivity contribution < 1.29 is 5.11 Å². The normalized spacial score (nSPS) is 17.4. The minimum Gasteiger partial charge on any atom is -0.388 e. The van der Waals surface area contributed by atoms with Crippen molar-refractivity contribution >= 4 is 5.82 Å². The molecule has 0 atom stereocenters. The van der Waals surface area contributed by atoms with E-state index in [1.54, 1.807) is 0 Å². The van der Waals surface area contributed by atoms with E-state index in [1.165, 1.54) is 11.1 Å². The van der Waals surface area contributed by atoms with Crippen molar-refractivity contribution in [3.8, 4) is 0 Å². The van der Waals surface area contributed by atoms with Gasteiger partial charge in [0.1, 0.15) is 5.82 Å². The summed E-state index contributed by atoms with van der Waals surface area (Å²) in [5.74, 6) is 0.977. The zero-order chi connectivity index (χ0) is 14.6. The van der Waals surface area contributed by atoms with Crippen LogP contribution in [0.4, 0.5) is 5.82 Å². The number of likely N-dealkylation sites (N-methyl/N-ethyl adjacent to an activating group) is 1. The molecule has 0 spiro atoms. The van der Waals surface area contributed by atoms with Gasteiger partial charge in [-0.05, 0) is 43.5 Å². The monoisotopic (exact) mass is 277 g/mol. The summed E-state index contributed by atoms with van der Waals surface area (Å²) in [4.78, 5) is 6.67. The standard InChI is InChI=1S/C16H27N3O/c1-4-17-10-14-9-13(2)15(18-11-14)19(3)12-16(20)7-5-6-8-16/h9,11,17,20H,4-8,10,12H2,1-3H3. The van der Waals surface area contributed by atoms with Crippen molar-refractivity contribution in [1.29, 1.82) is 0 Å². The molecule has 1 heterocycles. The molecule has 2 rings (SSSR count). The van der Waals surface area contributed by atoms with Gasteiger partial charge in [0.2, 0.25) is 0 Å². The Morgan fingerprint density at radius 3 is 2.70 bits per heavy atom.